The second-order valence-electron chi connectivity index (χ2n) is 7.24. The van der Waals surface area contributed by atoms with Crippen LogP contribution < -0.4 is 10.6 Å². The number of benzene rings is 2. The van der Waals surface area contributed by atoms with Crippen molar-refractivity contribution in [3.63, 3.8) is 0 Å². The molecular weight excluding hydrogens is 420 g/mol. The molecule has 0 unspecified atom stereocenters. The molecule has 0 radical (unpaired) electrons. The quantitative estimate of drug-likeness (QED) is 0.593. The molecule has 11 heteroatoms. The van der Waals surface area contributed by atoms with Crippen LogP contribution in [-0.2, 0) is 21.2 Å². The van der Waals surface area contributed by atoms with Crippen molar-refractivity contribution >= 4 is 27.3 Å². The zero-order chi connectivity index (χ0) is 22.0. The van der Waals surface area contributed by atoms with Gasteiger partial charge in [0.05, 0.1) is 17.5 Å². The first-order valence-corrected chi connectivity index (χ1v) is 11.4. The monoisotopic (exact) mass is 440 g/mol. The van der Waals surface area contributed by atoms with Crippen molar-refractivity contribution in [1.29, 1.82) is 0 Å². The summed E-state index contributed by atoms with van der Waals surface area (Å²) in [7, 11) is -3.17. The topological polar surface area (TPSA) is 141 Å². The normalized spacial score (nSPS) is 17.4. The molecule has 1 aromatic heterocycles. The number of aromatic nitrogens is 4. The zero-order valence-electron chi connectivity index (χ0n) is 16.5. The second kappa shape index (κ2) is 8.26. The molecule has 160 valence electrons. The lowest BCUT2D eigenvalue weighted by atomic mass is 10.1. The zero-order valence-corrected chi connectivity index (χ0v) is 17.3. The Morgan fingerprint density at radius 3 is 2.42 bits per heavy atom. The Morgan fingerprint density at radius 2 is 1.81 bits per heavy atom. The van der Waals surface area contributed by atoms with Gasteiger partial charge < -0.3 is 10.6 Å². The van der Waals surface area contributed by atoms with Crippen molar-refractivity contribution in [1.82, 2.24) is 20.2 Å². The first-order valence-electron chi connectivity index (χ1n) is 9.58. The Hall–Kier alpha value is -3.60. The molecule has 0 spiro atoms. The fourth-order valence-corrected chi connectivity index (χ4v) is 5.23. The number of anilines is 1. The highest BCUT2D eigenvalue weighted by molar-refractivity contribution is 7.91. The molecule has 3 aromatic rings. The van der Waals surface area contributed by atoms with Gasteiger partial charge in [-0.2, -0.15) is 4.80 Å². The van der Waals surface area contributed by atoms with E-state index in [1.165, 1.54) is 9.70 Å². The van der Waals surface area contributed by atoms with Crippen molar-refractivity contribution in [2.45, 2.75) is 19.0 Å². The largest absolute Gasteiger partial charge is 0.366 e. The predicted molar refractivity (Wildman–Crippen MR) is 113 cm³/mol. The lowest BCUT2D eigenvalue weighted by Crippen LogP contribution is -2.43. The molecule has 1 aliphatic heterocycles. The van der Waals surface area contributed by atoms with Crippen LogP contribution in [-0.4, -0.2) is 58.0 Å². The lowest BCUT2D eigenvalue weighted by molar-refractivity contribution is -0.120. The molecule has 1 aliphatic rings. The minimum atomic E-state index is -3.17. The van der Waals surface area contributed by atoms with Gasteiger partial charge in [-0.25, -0.2) is 8.42 Å². The first kappa shape index (κ1) is 20.7. The average molecular weight is 440 g/mol. The maximum absolute atomic E-state index is 13.1. The van der Waals surface area contributed by atoms with Crippen LogP contribution in [0.3, 0.4) is 0 Å². The number of sulfone groups is 1. The summed E-state index contributed by atoms with van der Waals surface area (Å²) in [4.78, 5) is 27.0. The summed E-state index contributed by atoms with van der Waals surface area (Å²) in [5.41, 5.74) is 6.84. The number of hydrogen-bond acceptors (Lipinski definition) is 7. The van der Waals surface area contributed by atoms with Gasteiger partial charge in [-0.05, 0) is 35.9 Å². The Balaban J connectivity index is 1.55. The van der Waals surface area contributed by atoms with Gasteiger partial charge in [0.25, 0.3) is 5.91 Å². The molecule has 31 heavy (non-hydrogen) atoms. The molecule has 10 nitrogen and oxygen atoms in total. The van der Waals surface area contributed by atoms with Crippen LogP contribution in [0.1, 0.15) is 16.8 Å². The van der Waals surface area contributed by atoms with E-state index in [1.807, 2.05) is 6.07 Å². The summed E-state index contributed by atoms with van der Waals surface area (Å²) >= 11 is 0. The highest BCUT2D eigenvalue weighted by Gasteiger charge is 2.35. The number of nitrogens with zero attached hydrogens (tertiary/aromatic N) is 5. The van der Waals surface area contributed by atoms with Crippen LogP contribution in [0.2, 0.25) is 0 Å². The van der Waals surface area contributed by atoms with E-state index in [0.29, 0.717) is 29.1 Å². The summed E-state index contributed by atoms with van der Waals surface area (Å²) in [5, 5.41) is 12.1. The summed E-state index contributed by atoms with van der Waals surface area (Å²) in [5.74, 6) is -0.597. The van der Waals surface area contributed by atoms with Gasteiger partial charge in [-0.3, -0.25) is 9.59 Å². The van der Waals surface area contributed by atoms with Crippen LogP contribution in [0.5, 0.6) is 0 Å². The van der Waals surface area contributed by atoms with Gasteiger partial charge >= 0.3 is 0 Å². The highest BCUT2D eigenvalue weighted by atomic mass is 32.2. The predicted octanol–water partition coefficient (Wildman–Crippen LogP) is 0.659. The van der Waals surface area contributed by atoms with Crippen LogP contribution in [0.4, 0.5) is 5.69 Å². The number of nitrogens with two attached hydrogens (primary N) is 1. The van der Waals surface area contributed by atoms with Crippen LogP contribution in [0.15, 0.2) is 54.6 Å². The molecule has 2 N–H and O–H groups in total. The number of rotatable bonds is 6. The summed E-state index contributed by atoms with van der Waals surface area (Å²) < 4.78 is 24.0. The number of carbonyl (C=O) groups is 2. The van der Waals surface area contributed by atoms with Gasteiger partial charge in [0.15, 0.2) is 9.84 Å². The van der Waals surface area contributed by atoms with Crippen molar-refractivity contribution in [3.05, 3.63) is 60.2 Å². The van der Waals surface area contributed by atoms with Crippen molar-refractivity contribution in [3.8, 4) is 11.4 Å². The van der Waals surface area contributed by atoms with Crippen molar-refractivity contribution in [2.75, 3.05) is 16.4 Å². The minimum absolute atomic E-state index is 0.0568. The van der Waals surface area contributed by atoms with Gasteiger partial charge in [-0.1, -0.05) is 30.3 Å². The third-order valence-electron chi connectivity index (χ3n) is 5.03. The van der Waals surface area contributed by atoms with E-state index in [9.17, 15) is 18.0 Å². The molecule has 0 aliphatic carbocycles. The highest BCUT2D eigenvalue weighted by Crippen LogP contribution is 2.25. The number of carbonyl (C=O) groups excluding carboxylic acids is 2. The molecule has 0 bridgehead atoms. The van der Waals surface area contributed by atoms with E-state index in [1.54, 1.807) is 48.5 Å². The molecule has 2 aromatic carbocycles. The van der Waals surface area contributed by atoms with E-state index < -0.39 is 21.8 Å². The van der Waals surface area contributed by atoms with Crippen LogP contribution in [0.25, 0.3) is 11.4 Å². The Bertz CT molecular complexity index is 1210. The Labute approximate surface area is 178 Å². The number of amides is 2. The molecule has 0 saturated carbocycles. The fraction of sp³-hybridized carbons (Fsp3) is 0.250. The molecule has 1 atom stereocenters. The third-order valence-corrected chi connectivity index (χ3v) is 6.78. The average Bonchev–Trinajstić information content (AvgIpc) is 3.35. The smallest absolute Gasteiger partial charge is 0.250 e. The SMILES string of the molecule is NC(=O)c1ccc(-c2nnn(CC(=O)N(c3ccccc3)[C@H]3CCS(=O)(=O)C3)n2)cc1. The van der Waals surface area contributed by atoms with E-state index in [-0.39, 0.29) is 24.0 Å². The number of hydrogen-bond donors (Lipinski definition) is 1. The number of para-hydroxylation sites is 1. The van der Waals surface area contributed by atoms with E-state index in [2.05, 4.69) is 15.4 Å². The van der Waals surface area contributed by atoms with Gasteiger partial charge in [0.1, 0.15) is 6.54 Å². The van der Waals surface area contributed by atoms with E-state index in [0.717, 1.165) is 0 Å². The number of primary amides is 1. The maximum atomic E-state index is 13.1. The molecule has 1 fully saturated rings. The fourth-order valence-electron chi connectivity index (χ4n) is 3.53. The summed E-state index contributed by atoms with van der Waals surface area (Å²) in [6.45, 7) is -0.197. The molecular formula is C20H20N6O4S. The van der Waals surface area contributed by atoms with Gasteiger partial charge in [-0.15, -0.1) is 10.2 Å². The van der Waals surface area contributed by atoms with Crippen molar-refractivity contribution in [2.24, 2.45) is 5.73 Å². The summed E-state index contributed by atoms with van der Waals surface area (Å²) in [6.07, 6.45) is 0.380. The first-order chi connectivity index (χ1) is 14.8. The standard InChI is InChI=1S/C20H20N6O4S/c21-19(28)14-6-8-15(9-7-14)20-22-24-25(23-20)12-18(27)26(16-4-2-1-3-5-16)17-10-11-31(29,30)13-17/h1-9,17H,10-13H2,(H2,21,28)/t17-/m0/s1. The molecule has 2 amide bonds. The minimum Gasteiger partial charge on any atom is -0.366 e. The lowest BCUT2D eigenvalue weighted by Gasteiger charge is -2.28. The van der Waals surface area contributed by atoms with E-state index >= 15 is 0 Å². The molecule has 2 heterocycles. The van der Waals surface area contributed by atoms with E-state index in [4.69, 9.17) is 5.73 Å². The number of tetrazole rings is 1. The molecule has 4 rings (SSSR count). The van der Waals surface area contributed by atoms with Crippen LogP contribution >= 0.6 is 0 Å². The van der Waals surface area contributed by atoms with Gasteiger partial charge in [0.2, 0.25) is 11.7 Å². The Kier molecular flexibility index (Phi) is 5.51. The maximum Gasteiger partial charge on any atom is 0.250 e. The van der Waals surface area contributed by atoms with Crippen molar-refractivity contribution < 1.29 is 18.0 Å². The Morgan fingerprint density at radius 1 is 1.10 bits per heavy atom. The molecule has 1 saturated heterocycles. The third kappa shape index (κ3) is 4.61. The van der Waals surface area contributed by atoms with Gasteiger partial charge in [0, 0.05) is 16.8 Å². The second-order valence-corrected chi connectivity index (χ2v) is 9.47. The van der Waals surface area contributed by atoms with Crippen LogP contribution in [0, 0.1) is 0 Å². The summed E-state index contributed by atoms with van der Waals surface area (Å²) in [6, 6.07) is 14.9.